The molecule has 66 heavy (non-hydrogen) atoms. The van der Waals surface area contributed by atoms with Gasteiger partial charge in [0.1, 0.15) is 18.1 Å². The lowest BCUT2D eigenvalue weighted by atomic mass is 10.1. The summed E-state index contributed by atoms with van der Waals surface area (Å²) in [6.45, 7) is 9.18. The zero-order valence-electron chi connectivity index (χ0n) is 36.9. The first-order chi connectivity index (χ1) is 31.6. The van der Waals surface area contributed by atoms with Crippen LogP contribution in [0.2, 0.25) is 0 Å². The van der Waals surface area contributed by atoms with Gasteiger partial charge in [-0.15, -0.1) is 5.53 Å². The van der Waals surface area contributed by atoms with Gasteiger partial charge in [-0.1, -0.05) is 24.6 Å². The number of hydrazine groups is 2. The Morgan fingerprint density at radius 1 is 0.879 bits per heavy atom. The van der Waals surface area contributed by atoms with Crippen molar-refractivity contribution in [2.45, 2.75) is 47.1 Å². The number of rotatable bonds is 16. The summed E-state index contributed by atoms with van der Waals surface area (Å²) in [6.07, 6.45) is 0.144. The van der Waals surface area contributed by atoms with Crippen LogP contribution in [0.5, 0.6) is 23.0 Å². The van der Waals surface area contributed by atoms with E-state index in [1.54, 1.807) is 30.0 Å². The van der Waals surface area contributed by atoms with Crippen molar-refractivity contribution in [3.63, 3.8) is 0 Å². The molecule has 0 spiro atoms. The molecule has 5 aromatic rings. The average Bonchev–Trinajstić information content (AvgIpc) is 3.77. The molecule has 0 bridgehead atoms. The van der Waals surface area contributed by atoms with Crippen LogP contribution >= 0.6 is 11.8 Å². The van der Waals surface area contributed by atoms with Gasteiger partial charge in [0.05, 0.1) is 50.6 Å². The molecule has 1 unspecified atom stereocenters. The number of nitriles is 1. The van der Waals surface area contributed by atoms with Gasteiger partial charge in [0, 0.05) is 49.7 Å². The molecule has 1 atom stereocenters. The maximum Gasteiger partial charge on any atom is 0.338 e. The first-order valence-electron chi connectivity index (χ1n) is 20.4. The first-order valence-corrected chi connectivity index (χ1v) is 21.6. The Morgan fingerprint density at radius 2 is 1.61 bits per heavy atom. The summed E-state index contributed by atoms with van der Waals surface area (Å²) in [6, 6.07) is 24.2. The van der Waals surface area contributed by atoms with E-state index in [-0.39, 0.29) is 40.2 Å². The minimum absolute atomic E-state index is 0.00736. The summed E-state index contributed by atoms with van der Waals surface area (Å²) >= 11 is 1.80. The topological polar surface area (TPSA) is 259 Å². The number of nitro groups is 1. The third-order valence-electron chi connectivity index (χ3n) is 9.55. The second-order valence-corrected chi connectivity index (χ2v) is 15.8. The lowest BCUT2D eigenvalue weighted by Crippen LogP contribution is -2.30. The number of amides is 4. The zero-order valence-corrected chi connectivity index (χ0v) is 37.8. The highest BCUT2D eigenvalue weighted by Gasteiger charge is 2.24. The van der Waals surface area contributed by atoms with E-state index in [2.05, 4.69) is 39.3 Å². The van der Waals surface area contributed by atoms with Gasteiger partial charge in [-0.25, -0.2) is 9.59 Å². The summed E-state index contributed by atoms with van der Waals surface area (Å²) in [7, 11) is 1.40. The standard InChI is InChI=1S/C34H32N6O8.C12H17N3O2S/c1-19-6-12-30(20(2)14-19)47-21(3)33(43)37-27-16-29(42)26(38-34(44)36-24-9-7-23(18-35)8-10-24)17-32(27)48-31-13-11-25(40(45)46)15-28(31)39(5)22(4)41;1-2-6-18-7-5-17-12(16)9-3-4-10-11(8-9)14-15-13-10/h6-17,21,42H,1-5H3,(H,37,43)(H2,36,38,44);3-4,8,13-15H,2,5-7H2,1H3. The molecule has 7 N–H and O–H groups in total. The number of hydrogen-bond acceptors (Lipinski definition) is 15. The molecule has 0 saturated heterocycles. The van der Waals surface area contributed by atoms with Crippen molar-refractivity contribution < 1.29 is 43.4 Å². The maximum atomic E-state index is 13.3. The molecule has 1 heterocycles. The van der Waals surface area contributed by atoms with Crippen molar-refractivity contribution in [1.82, 2.24) is 5.53 Å². The van der Waals surface area contributed by atoms with Crippen molar-refractivity contribution in [2.24, 2.45) is 0 Å². The third-order valence-corrected chi connectivity index (χ3v) is 10.7. The van der Waals surface area contributed by atoms with Crippen LogP contribution in [0.25, 0.3) is 0 Å². The van der Waals surface area contributed by atoms with E-state index in [9.17, 15) is 34.4 Å². The minimum Gasteiger partial charge on any atom is -0.506 e. The van der Waals surface area contributed by atoms with Crippen LogP contribution in [0, 0.1) is 35.3 Å². The molecule has 0 fully saturated rings. The van der Waals surface area contributed by atoms with Gasteiger partial charge in [-0.3, -0.25) is 19.7 Å². The number of anilines is 6. The molecule has 19 nitrogen and oxygen atoms in total. The Balaban J connectivity index is 0.000000377. The number of nitrogens with one attached hydrogen (secondary N) is 6. The number of carbonyl (C=O) groups excluding carboxylic acids is 4. The molecule has 1 aliphatic rings. The molecular formula is C46H49N9O10S. The number of ether oxygens (including phenoxy) is 3. The Kier molecular flexibility index (Phi) is 17.1. The van der Waals surface area contributed by atoms with Crippen LogP contribution in [-0.4, -0.2) is 65.1 Å². The Hall–Kier alpha value is -8.02. The van der Waals surface area contributed by atoms with Crippen LogP contribution in [0.3, 0.4) is 0 Å². The van der Waals surface area contributed by atoms with Crippen molar-refractivity contribution in [3.05, 3.63) is 123 Å². The van der Waals surface area contributed by atoms with E-state index < -0.39 is 34.6 Å². The highest BCUT2D eigenvalue weighted by molar-refractivity contribution is 7.99. The summed E-state index contributed by atoms with van der Waals surface area (Å²) in [5, 5.41) is 39.1. The number of fused-ring (bicyclic) bond motifs is 1. The number of benzene rings is 5. The highest BCUT2D eigenvalue weighted by Crippen LogP contribution is 2.42. The first kappa shape index (κ1) is 49.0. The van der Waals surface area contributed by atoms with E-state index in [1.807, 2.05) is 38.1 Å². The number of non-ortho nitro benzene ring substituents is 1. The predicted molar refractivity (Wildman–Crippen MR) is 254 cm³/mol. The number of urea groups is 1. The van der Waals surface area contributed by atoms with Crippen LogP contribution in [-0.2, 0) is 14.3 Å². The zero-order chi connectivity index (χ0) is 47.9. The van der Waals surface area contributed by atoms with Gasteiger partial charge in [0.2, 0.25) is 5.91 Å². The molecule has 4 amide bonds. The Morgan fingerprint density at radius 3 is 2.29 bits per heavy atom. The molecule has 0 aromatic heterocycles. The number of esters is 1. The van der Waals surface area contributed by atoms with E-state index >= 15 is 0 Å². The lowest BCUT2D eigenvalue weighted by Gasteiger charge is -2.22. The number of aromatic hydroxyl groups is 1. The number of phenolic OH excluding ortho intramolecular Hbond substituents is 1. The average molecular weight is 920 g/mol. The van der Waals surface area contributed by atoms with Crippen LogP contribution < -0.4 is 46.7 Å². The van der Waals surface area contributed by atoms with Gasteiger partial charge < -0.3 is 51.0 Å². The van der Waals surface area contributed by atoms with Gasteiger partial charge in [-0.2, -0.15) is 17.0 Å². The van der Waals surface area contributed by atoms with E-state index in [0.717, 1.165) is 57.5 Å². The number of nitrogens with zero attached hydrogens (tertiary/aromatic N) is 3. The largest absolute Gasteiger partial charge is 0.506 e. The minimum atomic E-state index is -1.00. The fraction of sp³-hybridized carbons (Fsp3) is 0.239. The van der Waals surface area contributed by atoms with Gasteiger partial charge in [0.15, 0.2) is 17.6 Å². The van der Waals surface area contributed by atoms with E-state index in [1.165, 1.54) is 63.4 Å². The molecule has 6 rings (SSSR count). The van der Waals surface area contributed by atoms with Crippen LogP contribution in [0.4, 0.5) is 44.6 Å². The normalized spacial score (nSPS) is 11.4. The molecule has 0 radical (unpaired) electrons. The molecular weight excluding hydrogens is 871 g/mol. The van der Waals surface area contributed by atoms with Crippen LogP contribution in [0.1, 0.15) is 54.2 Å². The lowest BCUT2D eigenvalue weighted by molar-refractivity contribution is -0.384. The number of thioether (sulfide) groups is 1. The highest BCUT2D eigenvalue weighted by atomic mass is 32.2. The summed E-state index contributed by atoms with van der Waals surface area (Å²) in [4.78, 5) is 62.1. The fourth-order valence-corrected chi connectivity index (χ4v) is 6.70. The van der Waals surface area contributed by atoms with Gasteiger partial charge >= 0.3 is 12.0 Å². The Bertz CT molecular complexity index is 2640. The predicted octanol–water partition coefficient (Wildman–Crippen LogP) is 8.86. The number of aryl methyl sites for hydroxylation is 2. The number of phenols is 1. The number of hydrogen-bond donors (Lipinski definition) is 7. The monoisotopic (exact) mass is 919 g/mol. The summed E-state index contributed by atoms with van der Waals surface area (Å²) in [5.41, 5.74) is 13.1. The quantitative estimate of drug-likeness (QED) is 0.0160. The maximum absolute atomic E-state index is 13.3. The van der Waals surface area contributed by atoms with Crippen molar-refractivity contribution in [1.29, 1.82) is 5.26 Å². The third kappa shape index (κ3) is 13.5. The van der Waals surface area contributed by atoms with Crippen molar-refractivity contribution >= 4 is 75.4 Å². The van der Waals surface area contributed by atoms with Crippen molar-refractivity contribution in [3.8, 4) is 29.1 Å². The number of carbonyl (C=O) groups is 4. The number of nitro benzene ring substituents is 1. The molecule has 5 aromatic carbocycles. The molecule has 0 aliphatic carbocycles. The molecule has 20 heteroatoms. The van der Waals surface area contributed by atoms with Gasteiger partial charge in [-0.05, 0) is 93.1 Å². The van der Waals surface area contributed by atoms with E-state index in [4.69, 9.17) is 19.5 Å². The van der Waals surface area contributed by atoms with E-state index in [0.29, 0.717) is 29.2 Å². The summed E-state index contributed by atoms with van der Waals surface area (Å²) < 4.78 is 17.2. The SMILES string of the molecule is CC(=O)N(C)c1cc([N+](=O)[O-])ccc1Oc1cc(NC(=O)Nc2ccc(C#N)cc2)c(O)cc1NC(=O)C(C)Oc1ccc(C)cc1C.CCCSCCOC(=O)c1ccc2c(c1)NNN2. The van der Waals surface area contributed by atoms with Gasteiger partial charge in [0.25, 0.3) is 11.6 Å². The smallest absolute Gasteiger partial charge is 0.338 e. The molecule has 1 aliphatic heterocycles. The van der Waals surface area contributed by atoms with Crippen LogP contribution in [0.15, 0.2) is 91.0 Å². The summed E-state index contributed by atoms with van der Waals surface area (Å²) in [5.74, 6) is 0.584. The van der Waals surface area contributed by atoms with Crippen molar-refractivity contribution in [2.75, 3.05) is 56.9 Å². The molecule has 344 valence electrons. The second kappa shape index (κ2) is 23.1. The Labute approximate surface area is 384 Å². The molecule has 0 saturated carbocycles. The fourth-order valence-electron chi connectivity index (χ4n) is 6.00. The second-order valence-electron chi connectivity index (χ2n) is 14.6.